The lowest BCUT2D eigenvalue weighted by atomic mass is 10.2. The smallest absolute Gasteiger partial charge is 0.261 e. The summed E-state index contributed by atoms with van der Waals surface area (Å²) in [6.45, 7) is 1.95. The molecule has 0 aliphatic heterocycles. The molecule has 0 radical (unpaired) electrons. The molecule has 1 atom stereocenters. The van der Waals surface area contributed by atoms with Gasteiger partial charge in [0.15, 0.2) is 0 Å². The summed E-state index contributed by atoms with van der Waals surface area (Å²) in [4.78, 5) is 13.6. The number of hydrogen-bond donors (Lipinski definition) is 1. The van der Waals surface area contributed by atoms with Crippen LogP contribution in [0.4, 0.5) is 0 Å². The number of carbonyl (C=O) groups excluding carboxylic acids is 1. The van der Waals surface area contributed by atoms with Gasteiger partial charge in [0.25, 0.3) is 5.91 Å². The maximum Gasteiger partial charge on any atom is 0.261 e. The molecule has 1 unspecified atom stereocenters. The summed E-state index contributed by atoms with van der Waals surface area (Å²) in [5, 5.41) is 4.83. The average Bonchev–Trinajstić information content (AvgIpc) is 2.87. The second-order valence-electron chi connectivity index (χ2n) is 3.31. The lowest BCUT2D eigenvalue weighted by molar-refractivity contribution is 0.0944. The number of nitrogens with one attached hydrogen (secondary N) is 1. The van der Waals surface area contributed by atoms with Gasteiger partial charge in [-0.1, -0.05) is 17.7 Å². The van der Waals surface area contributed by atoms with Crippen molar-refractivity contribution in [2.75, 3.05) is 0 Å². The molecule has 1 amide bonds. The van der Waals surface area contributed by atoms with Crippen LogP contribution >= 0.6 is 34.3 Å². The zero-order chi connectivity index (χ0) is 11.5. The third-order valence-electron chi connectivity index (χ3n) is 2.11. The normalized spacial score (nSPS) is 12.4. The molecule has 0 spiro atoms. The van der Waals surface area contributed by atoms with Crippen LogP contribution in [0.1, 0.15) is 27.5 Å². The molecule has 16 heavy (non-hydrogen) atoms. The predicted molar refractivity (Wildman–Crippen MR) is 69.5 cm³/mol. The highest BCUT2D eigenvalue weighted by atomic mass is 35.5. The van der Waals surface area contributed by atoms with Gasteiger partial charge in [-0.2, -0.15) is 0 Å². The summed E-state index contributed by atoms with van der Waals surface area (Å²) in [5.74, 6) is -0.0352. The van der Waals surface area contributed by atoms with E-state index in [0.717, 1.165) is 14.1 Å². The lowest BCUT2D eigenvalue weighted by Crippen LogP contribution is -2.25. The molecule has 1 N–H and O–H groups in total. The Morgan fingerprint density at radius 1 is 1.44 bits per heavy atom. The Kier molecular flexibility index (Phi) is 3.63. The largest absolute Gasteiger partial charge is 0.344 e. The van der Waals surface area contributed by atoms with Crippen molar-refractivity contribution < 1.29 is 4.79 Å². The van der Waals surface area contributed by atoms with Crippen LogP contribution in [0.2, 0.25) is 4.34 Å². The topological polar surface area (TPSA) is 29.1 Å². The summed E-state index contributed by atoms with van der Waals surface area (Å²) in [6, 6.07) is 7.45. The van der Waals surface area contributed by atoms with Gasteiger partial charge in [-0.3, -0.25) is 4.79 Å². The molecule has 2 nitrogen and oxygen atoms in total. The molecular formula is C11H10ClNOS2. The van der Waals surface area contributed by atoms with Crippen molar-refractivity contribution in [2.45, 2.75) is 13.0 Å². The zero-order valence-electron chi connectivity index (χ0n) is 8.57. The molecule has 0 fully saturated rings. The fraction of sp³-hybridized carbons (Fsp3) is 0.182. The lowest BCUT2D eigenvalue weighted by Gasteiger charge is -2.10. The highest BCUT2D eigenvalue weighted by Crippen LogP contribution is 2.26. The fourth-order valence-electron chi connectivity index (χ4n) is 1.31. The van der Waals surface area contributed by atoms with Crippen LogP contribution in [0.15, 0.2) is 29.6 Å². The molecule has 2 aromatic heterocycles. The number of rotatable bonds is 3. The summed E-state index contributed by atoms with van der Waals surface area (Å²) < 4.78 is 0.743. The summed E-state index contributed by atoms with van der Waals surface area (Å²) >= 11 is 8.78. The van der Waals surface area contributed by atoms with E-state index in [2.05, 4.69) is 5.32 Å². The van der Waals surface area contributed by atoms with Crippen molar-refractivity contribution in [3.63, 3.8) is 0 Å². The second-order valence-corrected chi connectivity index (χ2v) is 6.01. The Morgan fingerprint density at radius 2 is 2.25 bits per heavy atom. The first kappa shape index (κ1) is 11.6. The van der Waals surface area contributed by atoms with E-state index >= 15 is 0 Å². The molecule has 0 saturated heterocycles. The van der Waals surface area contributed by atoms with Gasteiger partial charge in [0.1, 0.15) is 0 Å². The quantitative estimate of drug-likeness (QED) is 0.900. The van der Waals surface area contributed by atoms with E-state index < -0.39 is 0 Å². The first-order valence-corrected chi connectivity index (χ1v) is 6.84. The van der Waals surface area contributed by atoms with Crippen molar-refractivity contribution in [1.82, 2.24) is 5.32 Å². The summed E-state index contributed by atoms with van der Waals surface area (Å²) in [5.41, 5.74) is 0. The van der Waals surface area contributed by atoms with Gasteiger partial charge in [-0.25, -0.2) is 0 Å². The molecule has 0 aliphatic carbocycles. The second kappa shape index (κ2) is 4.99. The Labute approximate surface area is 107 Å². The Morgan fingerprint density at radius 3 is 2.81 bits per heavy atom. The van der Waals surface area contributed by atoms with Crippen molar-refractivity contribution in [1.29, 1.82) is 0 Å². The van der Waals surface area contributed by atoms with E-state index in [9.17, 15) is 4.79 Å². The van der Waals surface area contributed by atoms with Crippen LogP contribution in [-0.4, -0.2) is 5.91 Å². The standard InChI is InChI=1S/C11H10ClNOS2/c1-7(8-4-5-10(12)16-8)13-11(14)9-3-2-6-15-9/h2-7H,1H3,(H,13,14). The van der Waals surface area contributed by atoms with Gasteiger partial charge < -0.3 is 5.32 Å². The van der Waals surface area contributed by atoms with Crippen LogP contribution < -0.4 is 5.32 Å². The third-order valence-corrected chi connectivity index (χ3v) is 4.40. The molecule has 2 heterocycles. The van der Waals surface area contributed by atoms with Crippen LogP contribution in [0.25, 0.3) is 0 Å². The molecule has 0 aromatic carbocycles. The van der Waals surface area contributed by atoms with Crippen molar-refractivity contribution in [3.05, 3.63) is 43.7 Å². The number of halogens is 1. The van der Waals surface area contributed by atoms with Gasteiger partial charge in [-0.05, 0) is 30.5 Å². The third kappa shape index (κ3) is 2.64. The number of amides is 1. The molecule has 84 valence electrons. The molecule has 2 aromatic rings. The minimum absolute atomic E-state index is 0.00731. The average molecular weight is 272 g/mol. The van der Waals surface area contributed by atoms with Crippen LogP contribution in [0.5, 0.6) is 0 Å². The predicted octanol–water partition coefficient (Wildman–Crippen LogP) is 3.95. The molecule has 2 rings (SSSR count). The first-order valence-electron chi connectivity index (χ1n) is 4.76. The van der Waals surface area contributed by atoms with E-state index in [0.29, 0.717) is 0 Å². The van der Waals surface area contributed by atoms with E-state index in [1.807, 2.05) is 36.6 Å². The Hall–Kier alpha value is -0.840. The van der Waals surface area contributed by atoms with Gasteiger partial charge in [0.2, 0.25) is 0 Å². The van der Waals surface area contributed by atoms with Crippen LogP contribution in [-0.2, 0) is 0 Å². The Bertz CT molecular complexity index is 478. The minimum Gasteiger partial charge on any atom is -0.344 e. The minimum atomic E-state index is -0.0352. The monoisotopic (exact) mass is 271 g/mol. The number of hydrogen-bond acceptors (Lipinski definition) is 3. The van der Waals surface area contributed by atoms with Crippen molar-refractivity contribution in [3.8, 4) is 0 Å². The molecular weight excluding hydrogens is 262 g/mol. The van der Waals surface area contributed by atoms with Crippen LogP contribution in [0, 0.1) is 0 Å². The maximum atomic E-state index is 11.8. The zero-order valence-corrected chi connectivity index (χ0v) is 11.0. The van der Waals surface area contributed by atoms with Gasteiger partial charge in [0.05, 0.1) is 15.3 Å². The summed E-state index contributed by atoms with van der Waals surface area (Å²) in [7, 11) is 0. The van der Waals surface area contributed by atoms with E-state index in [-0.39, 0.29) is 11.9 Å². The highest BCUT2D eigenvalue weighted by Gasteiger charge is 2.13. The number of carbonyl (C=O) groups is 1. The first-order chi connectivity index (χ1) is 7.66. The molecule has 0 aliphatic rings. The SMILES string of the molecule is CC(NC(=O)c1cccs1)c1ccc(Cl)s1. The number of thiophene rings is 2. The Balaban J connectivity index is 2.03. The van der Waals surface area contributed by atoms with Crippen molar-refractivity contribution in [2.24, 2.45) is 0 Å². The van der Waals surface area contributed by atoms with E-state index in [4.69, 9.17) is 11.6 Å². The maximum absolute atomic E-state index is 11.8. The molecule has 5 heteroatoms. The van der Waals surface area contributed by atoms with E-state index in [1.165, 1.54) is 22.7 Å². The van der Waals surface area contributed by atoms with Crippen LogP contribution in [0.3, 0.4) is 0 Å². The molecule has 0 saturated carbocycles. The van der Waals surface area contributed by atoms with Gasteiger partial charge >= 0.3 is 0 Å². The molecule has 0 bridgehead atoms. The summed E-state index contributed by atoms with van der Waals surface area (Å²) in [6.07, 6.45) is 0. The van der Waals surface area contributed by atoms with Crippen molar-refractivity contribution >= 4 is 40.2 Å². The highest BCUT2D eigenvalue weighted by molar-refractivity contribution is 7.16. The van der Waals surface area contributed by atoms with Gasteiger partial charge in [-0.15, -0.1) is 22.7 Å². The van der Waals surface area contributed by atoms with Gasteiger partial charge in [0, 0.05) is 4.88 Å². The van der Waals surface area contributed by atoms with E-state index in [1.54, 1.807) is 0 Å². The fourth-order valence-corrected chi connectivity index (χ4v) is 3.00.